The lowest BCUT2D eigenvalue weighted by atomic mass is 10.1. The quantitative estimate of drug-likeness (QED) is 0.409. The van der Waals surface area contributed by atoms with E-state index in [2.05, 4.69) is 0 Å². The van der Waals surface area contributed by atoms with Crippen LogP contribution in [0.3, 0.4) is 0 Å². The van der Waals surface area contributed by atoms with E-state index in [9.17, 15) is 4.57 Å². The average molecular weight is 407 g/mol. The van der Waals surface area contributed by atoms with Crippen LogP contribution in [0, 0.1) is 0 Å². The fraction of sp³-hybridized carbons (Fsp3) is 0.400. The maximum atomic E-state index is 11.7. The third-order valence-electron chi connectivity index (χ3n) is 3.73. The maximum absolute atomic E-state index is 11.7. The predicted molar refractivity (Wildman–Crippen MR) is 108 cm³/mol. The Labute approximate surface area is 166 Å². The van der Waals surface area contributed by atoms with E-state index in [-0.39, 0.29) is 25.7 Å². The largest absolute Gasteiger partial charge is 0.704 e. The first-order chi connectivity index (χ1) is 13.4. The van der Waals surface area contributed by atoms with Crippen molar-refractivity contribution in [2.45, 2.75) is 38.8 Å². The Morgan fingerprint density at radius 3 is 1.43 bits per heavy atom. The van der Waals surface area contributed by atoms with Gasteiger partial charge in [0.05, 0.1) is 0 Å². The molecule has 8 heteroatoms. The second-order valence-corrected chi connectivity index (χ2v) is 7.62. The SMILES string of the molecule is CC(N)Cc1ccc(OCO[P+](=O)OCOc2ccc(CC(C)N)cc2)cc1. The fourth-order valence-corrected chi connectivity index (χ4v) is 2.85. The van der Waals surface area contributed by atoms with Gasteiger partial charge in [0.15, 0.2) is 0 Å². The van der Waals surface area contributed by atoms with Crippen molar-refractivity contribution in [1.82, 2.24) is 0 Å². The summed E-state index contributed by atoms with van der Waals surface area (Å²) in [6.45, 7) is 3.54. The molecule has 152 valence electrons. The van der Waals surface area contributed by atoms with Crippen molar-refractivity contribution >= 4 is 8.25 Å². The molecular formula is C20H28N2O5P+. The van der Waals surface area contributed by atoms with Gasteiger partial charge in [-0.05, 0) is 62.1 Å². The van der Waals surface area contributed by atoms with E-state index in [1.165, 1.54) is 0 Å². The standard InChI is InChI=1S/C20H28N2O5P/c1-15(21)11-17-3-7-19(8-4-17)24-13-26-28(23)27-14-25-20-9-5-18(6-10-20)12-16(2)22/h3-10,15-16H,11-14,21-22H2,1-2H3/q+1. The van der Waals surface area contributed by atoms with E-state index < -0.39 is 8.25 Å². The Morgan fingerprint density at radius 2 is 1.11 bits per heavy atom. The predicted octanol–water partition coefficient (Wildman–Crippen LogP) is 3.53. The molecule has 2 unspecified atom stereocenters. The van der Waals surface area contributed by atoms with Gasteiger partial charge >= 0.3 is 8.25 Å². The molecule has 0 saturated heterocycles. The second kappa shape index (κ2) is 11.7. The van der Waals surface area contributed by atoms with Gasteiger partial charge in [-0.25, -0.2) is 0 Å². The Hall–Kier alpha value is -2.02. The highest BCUT2D eigenvalue weighted by molar-refractivity contribution is 7.33. The number of benzene rings is 2. The maximum Gasteiger partial charge on any atom is 0.704 e. The van der Waals surface area contributed by atoms with Crippen LogP contribution >= 0.6 is 8.25 Å². The minimum atomic E-state index is -2.34. The van der Waals surface area contributed by atoms with E-state index >= 15 is 0 Å². The molecule has 2 atom stereocenters. The van der Waals surface area contributed by atoms with Crippen LogP contribution in [0.1, 0.15) is 25.0 Å². The highest BCUT2D eigenvalue weighted by Crippen LogP contribution is 2.24. The molecule has 2 aromatic carbocycles. The van der Waals surface area contributed by atoms with Crippen LogP contribution in [0.5, 0.6) is 11.5 Å². The van der Waals surface area contributed by atoms with E-state index in [0.29, 0.717) is 11.5 Å². The minimum absolute atomic E-state index is 0.103. The molecule has 28 heavy (non-hydrogen) atoms. The molecule has 4 N–H and O–H groups in total. The molecule has 0 fully saturated rings. The molecule has 0 bridgehead atoms. The van der Waals surface area contributed by atoms with E-state index in [0.717, 1.165) is 24.0 Å². The summed E-state index contributed by atoms with van der Waals surface area (Å²) in [5, 5.41) is 0. The topological polar surface area (TPSA) is 106 Å². The molecule has 0 aromatic heterocycles. The summed E-state index contributed by atoms with van der Waals surface area (Å²) in [6.07, 6.45) is 1.59. The van der Waals surface area contributed by atoms with E-state index in [1.54, 1.807) is 0 Å². The van der Waals surface area contributed by atoms with Gasteiger partial charge in [-0.15, -0.1) is 0 Å². The van der Waals surface area contributed by atoms with E-state index in [1.807, 2.05) is 62.4 Å². The number of rotatable bonds is 12. The fourth-order valence-electron chi connectivity index (χ4n) is 2.50. The van der Waals surface area contributed by atoms with Gasteiger partial charge in [0.1, 0.15) is 11.5 Å². The van der Waals surface area contributed by atoms with Crippen molar-refractivity contribution in [1.29, 1.82) is 0 Å². The molecule has 7 nitrogen and oxygen atoms in total. The Morgan fingerprint density at radius 1 is 0.750 bits per heavy atom. The molecule has 2 rings (SSSR count). The molecule has 0 aliphatic rings. The van der Waals surface area contributed by atoms with Gasteiger partial charge in [0, 0.05) is 16.6 Å². The third kappa shape index (κ3) is 8.78. The molecule has 0 amide bonds. The van der Waals surface area contributed by atoms with Gasteiger partial charge in [-0.1, -0.05) is 33.3 Å². The lowest BCUT2D eigenvalue weighted by molar-refractivity contribution is 0.0696. The summed E-state index contributed by atoms with van der Waals surface area (Å²) in [6, 6.07) is 15.2. The smallest absolute Gasteiger partial charge is 0.463 e. The van der Waals surface area contributed by atoms with Crippen LogP contribution in [0.2, 0.25) is 0 Å². The summed E-state index contributed by atoms with van der Waals surface area (Å²) >= 11 is 0. The van der Waals surface area contributed by atoms with Crippen LogP contribution in [0.4, 0.5) is 0 Å². The highest BCUT2D eigenvalue weighted by atomic mass is 31.1. The Kier molecular flexibility index (Phi) is 9.34. The van der Waals surface area contributed by atoms with Crippen molar-refractivity contribution in [2.24, 2.45) is 11.5 Å². The first-order valence-electron chi connectivity index (χ1n) is 9.10. The van der Waals surface area contributed by atoms with Crippen LogP contribution in [-0.2, 0) is 26.5 Å². The van der Waals surface area contributed by atoms with Crippen molar-refractivity contribution in [3.05, 3.63) is 59.7 Å². The van der Waals surface area contributed by atoms with Gasteiger partial charge in [-0.2, -0.15) is 0 Å². The number of hydrogen-bond donors (Lipinski definition) is 2. The molecular weight excluding hydrogens is 379 g/mol. The van der Waals surface area contributed by atoms with Crippen molar-refractivity contribution in [3.63, 3.8) is 0 Å². The summed E-state index contributed by atoms with van der Waals surface area (Å²) in [5.41, 5.74) is 13.8. The monoisotopic (exact) mass is 407 g/mol. The van der Waals surface area contributed by atoms with Gasteiger partial charge in [0.2, 0.25) is 13.6 Å². The second-order valence-electron chi connectivity index (χ2n) is 6.66. The van der Waals surface area contributed by atoms with Crippen molar-refractivity contribution in [2.75, 3.05) is 13.6 Å². The Bertz CT molecular complexity index is 659. The van der Waals surface area contributed by atoms with E-state index in [4.69, 9.17) is 30.0 Å². The molecule has 0 saturated carbocycles. The van der Waals surface area contributed by atoms with Crippen molar-refractivity contribution < 1.29 is 23.1 Å². The zero-order chi connectivity index (χ0) is 20.4. The van der Waals surface area contributed by atoms with Gasteiger partial charge in [0.25, 0.3) is 0 Å². The first-order valence-corrected chi connectivity index (χ1v) is 10.2. The third-order valence-corrected chi connectivity index (χ3v) is 4.36. The molecule has 0 heterocycles. The highest BCUT2D eigenvalue weighted by Gasteiger charge is 2.21. The Balaban J connectivity index is 1.62. The summed E-state index contributed by atoms with van der Waals surface area (Å²) in [7, 11) is -2.34. The zero-order valence-corrected chi connectivity index (χ0v) is 17.1. The summed E-state index contributed by atoms with van der Waals surface area (Å²) in [5.74, 6) is 1.22. The number of nitrogens with two attached hydrogens (primary N) is 2. The number of ether oxygens (including phenoxy) is 2. The van der Waals surface area contributed by atoms with Crippen LogP contribution in [0.15, 0.2) is 48.5 Å². The zero-order valence-electron chi connectivity index (χ0n) is 16.2. The normalized spacial score (nSPS) is 13.6. The first kappa shape index (κ1) is 22.3. The lowest BCUT2D eigenvalue weighted by Crippen LogP contribution is -2.17. The minimum Gasteiger partial charge on any atom is -0.463 e. The van der Waals surface area contributed by atoms with Crippen LogP contribution < -0.4 is 20.9 Å². The molecule has 0 spiro atoms. The average Bonchev–Trinajstić information content (AvgIpc) is 2.64. The molecule has 0 aliphatic heterocycles. The summed E-state index contributed by atoms with van der Waals surface area (Å²) < 4.78 is 32.4. The van der Waals surface area contributed by atoms with Crippen LogP contribution in [-0.4, -0.2) is 25.7 Å². The van der Waals surface area contributed by atoms with Gasteiger partial charge in [-0.3, -0.25) is 0 Å². The molecule has 0 radical (unpaired) electrons. The molecule has 0 aliphatic carbocycles. The molecule has 2 aromatic rings. The number of hydrogen-bond acceptors (Lipinski definition) is 7. The van der Waals surface area contributed by atoms with Gasteiger partial charge < -0.3 is 20.9 Å². The summed E-state index contributed by atoms with van der Waals surface area (Å²) in [4.78, 5) is 0. The lowest BCUT2D eigenvalue weighted by Gasteiger charge is -2.07. The van der Waals surface area contributed by atoms with Crippen molar-refractivity contribution in [3.8, 4) is 11.5 Å². The van der Waals surface area contributed by atoms with Crippen LogP contribution in [0.25, 0.3) is 0 Å².